The van der Waals surface area contributed by atoms with Crippen molar-refractivity contribution < 1.29 is 14.3 Å². The van der Waals surface area contributed by atoms with Gasteiger partial charge < -0.3 is 14.5 Å². The Morgan fingerprint density at radius 1 is 0.689 bits per heavy atom. The molecule has 2 aromatic rings. The van der Waals surface area contributed by atoms with E-state index >= 15 is 0 Å². The molecular formula is C40H64N2O3. The fraction of sp³-hybridized carbons (Fsp3) is 0.650. The van der Waals surface area contributed by atoms with Crippen molar-refractivity contribution in [2.24, 2.45) is 35.5 Å². The molecule has 4 rings (SSSR count). The number of hydrogen-bond acceptors (Lipinski definition) is 3. The van der Waals surface area contributed by atoms with E-state index in [1.165, 1.54) is 0 Å². The van der Waals surface area contributed by atoms with Gasteiger partial charge in [-0.15, -0.1) is 0 Å². The van der Waals surface area contributed by atoms with E-state index in [0.717, 1.165) is 43.7 Å². The first-order chi connectivity index (χ1) is 20.9. The number of methoxy groups -OCH3 is 1. The number of benzene rings is 2. The highest BCUT2D eigenvalue weighted by Crippen LogP contribution is 2.36. The molecule has 2 saturated heterocycles. The van der Waals surface area contributed by atoms with Gasteiger partial charge in [0.15, 0.2) is 0 Å². The Balaban J connectivity index is 0.000000308. The second-order valence-corrected chi connectivity index (χ2v) is 14.8. The van der Waals surface area contributed by atoms with E-state index in [4.69, 9.17) is 4.74 Å². The normalized spacial score (nSPS) is 22.8. The van der Waals surface area contributed by atoms with E-state index in [9.17, 15) is 9.59 Å². The molecule has 0 radical (unpaired) electrons. The summed E-state index contributed by atoms with van der Waals surface area (Å²) in [6.07, 6.45) is 2.19. The van der Waals surface area contributed by atoms with Gasteiger partial charge >= 0.3 is 0 Å². The molecule has 0 aromatic heterocycles. The quantitative estimate of drug-likeness (QED) is 0.267. The van der Waals surface area contributed by atoms with Crippen molar-refractivity contribution in [1.29, 1.82) is 0 Å². The molecule has 2 heterocycles. The predicted octanol–water partition coefficient (Wildman–Crippen LogP) is 8.90. The van der Waals surface area contributed by atoms with E-state index in [-0.39, 0.29) is 25.2 Å². The molecular weight excluding hydrogens is 556 g/mol. The van der Waals surface area contributed by atoms with Gasteiger partial charge in [-0.1, -0.05) is 130 Å². The van der Waals surface area contributed by atoms with E-state index < -0.39 is 0 Å². The van der Waals surface area contributed by atoms with Crippen LogP contribution in [0.4, 0.5) is 0 Å². The Kier molecular flexibility index (Phi) is 15.3. The Labute approximate surface area is 276 Å². The van der Waals surface area contributed by atoms with Crippen molar-refractivity contribution in [3.63, 3.8) is 0 Å². The predicted molar refractivity (Wildman–Crippen MR) is 189 cm³/mol. The summed E-state index contributed by atoms with van der Waals surface area (Å²) in [6.45, 7) is 22.2. The zero-order valence-corrected chi connectivity index (χ0v) is 29.2. The lowest BCUT2D eigenvalue weighted by Crippen LogP contribution is -2.42. The van der Waals surface area contributed by atoms with Crippen LogP contribution in [-0.4, -0.2) is 60.5 Å². The summed E-state index contributed by atoms with van der Waals surface area (Å²) < 4.78 is 5.34. The van der Waals surface area contributed by atoms with Gasteiger partial charge in [0.2, 0.25) is 11.8 Å². The van der Waals surface area contributed by atoms with Crippen LogP contribution in [-0.2, 0) is 14.3 Å². The highest BCUT2D eigenvalue weighted by Gasteiger charge is 2.41. The average molecular weight is 621 g/mol. The van der Waals surface area contributed by atoms with Crippen LogP contribution in [0.3, 0.4) is 0 Å². The minimum Gasteiger partial charge on any atom is -0.384 e. The molecule has 0 bridgehead atoms. The zero-order chi connectivity index (χ0) is 32.6. The molecule has 0 saturated carbocycles. The summed E-state index contributed by atoms with van der Waals surface area (Å²) in [5, 5.41) is 0. The van der Waals surface area contributed by atoms with Crippen LogP contribution >= 0.6 is 0 Å². The van der Waals surface area contributed by atoms with Gasteiger partial charge in [0.25, 0.3) is 0 Å². The van der Waals surface area contributed by atoms with Crippen molar-refractivity contribution in [1.82, 2.24) is 9.80 Å². The maximum Gasteiger partial charge on any atom is 0.230 e. The van der Waals surface area contributed by atoms with Crippen molar-refractivity contribution in [3.8, 4) is 0 Å². The summed E-state index contributed by atoms with van der Waals surface area (Å²) in [5.74, 6) is 3.22. The SMILES string of the molecule is C.CC1C[C@@H](C(C)C)N(C(=O)C(c2ccccc2)C(C)C)C1.COCC1C[C@@H](C(C)C)N(C(=O)C(c2ccccc2)C(C)C)C1. The molecule has 6 atom stereocenters. The molecule has 5 nitrogen and oxygen atoms in total. The van der Waals surface area contributed by atoms with Crippen LogP contribution in [0.15, 0.2) is 60.7 Å². The maximum atomic E-state index is 13.3. The van der Waals surface area contributed by atoms with E-state index in [0.29, 0.717) is 53.5 Å². The molecule has 0 aliphatic carbocycles. The fourth-order valence-corrected chi connectivity index (χ4v) is 7.47. The topological polar surface area (TPSA) is 49.9 Å². The number of amides is 2. The maximum absolute atomic E-state index is 13.3. The van der Waals surface area contributed by atoms with Gasteiger partial charge in [0.1, 0.15) is 0 Å². The van der Waals surface area contributed by atoms with E-state index in [1.54, 1.807) is 7.11 Å². The second kappa shape index (κ2) is 17.9. The molecule has 0 spiro atoms. The van der Waals surface area contributed by atoms with Gasteiger partial charge in [0, 0.05) is 38.2 Å². The number of carbonyl (C=O) groups excluding carboxylic acids is 2. The molecule has 2 amide bonds. The molecule has 0 N–H and O–H groups in total. The first kappa shape index (κ1) is 38.5. The lowest BCUT2D eigenvalue weighted by Gasteiger charge is -2.32. The highest BCUT2D eigenvalue weighted by atomic mass is 16.5. The minimum atomic E-state index is -0.0567. The number of rotatable bonds is 10. The van der Waals surface area contributed by atoms with Crippen LogP contribution in [0, 0.1) is 35.5 Å². The van der Waals surface area contributed by atoms with Gasteiger partial charge in [0.05, 0.1) is 18.4 Å². The van der Waals surface area contributed by atoms with Gasteiger partial charge in [-0.05, 0) is 53.6 Å². The molecule has 2 fully saturated rings. The van der Waals surface area contributed by atoms with Crippen LogP contribution < -0.4 is 0 Å². The third-order valence-corrected chi connectivity index (χ3v) is 9.67. The Morgan fingerprint density at radius 3 is 1.47 bits per heavy atom. The lowest BCUT2D eigenvalue weighted by atomic mass is 9.86. The molecule has 45 heavy (non-hydrogen) atoms. The number of nitrogens with zero attached hydrogens (tertiary/aromatic N) is 2. The standard InChI is InChI=1S/C20H31NO2.C19H29NO.CH4/c1-14(2)18-11-16(13-23-5)12-21(18)20(22)19(15(3)4)17-9-7-6-8-10-17;1-13(2)17-11-15(5)12-20(17)19(21)18(14(3)4)16-9-7-6-8-10-16;/h6-10,14-16,18-19H,11-13H2,1-5H3;6-10,13-15,17-18H,11-12H2,1-5H3;1H4/t16?,18-,19?;15?,17-,18?;/m00./s1. The average Bonchev–Trinajstić information content (AvgIpc) is 3.59. The molecule has 2 aliphatic heterocycles. The van der Waals surface area contributed by atoms with Crippen LogP contribution in [0.5, 0.6) is 0 Å². The third-order valence-electron chi connectivity index (χ3n) is 9.67. The van der Waals surface area contributed by atoms with Gasteiger partial charge in [-0.3, -0.25) is 9.59 Å². The Hall–Kier alpha value is -2.66. The van der Waals surface area contributed by atoms with Crippen molar-refractivity contribution in [2.75, 3.05) is 26.8 Å². The largest absolute Gasteiger partial charge is 0.384 e. The smallest absolute Gasteiger partial charge is 0.230 e. The van der Waals surface area contributed by atoms with Crippen molar-refractivity contribution in [2.45, 2.75) is 107 Å². The Morgan fingerprint density at radius 2 is 1.09 bits per heavy atom. The molecule has 5 heteroatoms. The van der Waals surface area contributed by atoms with Crippen molar-refractivity contribution in [3.05, 3.63) is 71.8 Å². The summed E-state index contributed by atoms with van der Waals surface area (Å²) in [5.41, 5.74) is 2.28. The van der Waals surface area contributed by atoms with Crippen LogP contribution in [0.2, 0.25) is 0 Å². The lowest BCUT2D eigenvalue weighted by molar-refractivity contribution is -0.136. The molecule has 2 aromatic carbocycles. The highest BCUT2D eigenvalue weighted by molar-refractivity contribution is 5.85. The van der Waals surface area contributed by atoms with Gasteiger partial charge in [-0.25, -0.2) is 0 Å². The molecule has 2 aliphatic rings. The Bertz CT molecular complexity index is 1150. The number of carbonyl (C=O) groups is 2. The molecule has 4 unspecified atom stereocenters. The van der Waals surface area contributed by atoms with Gasteiger partial charge in [-0.2, -0.15) is 0 Å². The monoisotopic (exact) mass is 620 g/mol. The van der Waals surface area contributed by atoms with Crippen LogP contribution in [0.1, 0.15) is 106 Å². The van der Waals surface area contributed by atoms with E-state index in [1.807, 2.05) is 36.4 Å². The first-order valence-electron chi connectivity index (χ1n) is 17.1. The fourth-order valence-electron chi connectivity index (χ4n) is 7.47. The minimum absolute atomic E-state index is 0. The summed E-state index contributed by atoms with van der Waals surface area (Å²) in [7, 11) is 1.75. The van der Waals surface area contributed by atoms with E-state index in [2.05, 4.69) is 96.4 Å². The van der Waals surface area contributed by atoms with Crippen molar-refractivity contribution >= 4 is 11.8 Å². The molecule has 252 valence electrons. The third kappa shape index (κ3) is 9.91. The summed E-state index contributed by atoms with van der Waals surface area (Å²) in [4.78, 5) is 30.8. The summed E-state index contributed by atoms with van der Waals surface area (Å²) in [6, 6.07) is 21.2. The second-order valence-electron chi connectivity index (χ2n) is 14.8. The number of likely N-dealkylation sites (tertiary alicyclic amines) is 2. The van der Waals surface area contributed by atoms with Crippen LogP contribution in [0.25, 0.3) is 0 Å². The number of ether oxygens (including phenoxy) is 1. The zero-order valence-electron chi connectivity index (χ0n) is 29.2. The summed E-state index contributed by atoms with van der Waals surface area (Å²) >= 11 is 0. The number of hydrogen-bond donors (Lipinski definition) is 0. The first-order valence-corrected chi connectivity index (χ1v) is 17.1.